The normalized spacial score (nSPS) is 11.5. The molecule has 0 N–H and O–H groups in total. The number of benzene rings is 8. The molecule has 0 amide bonds. The fourth-order valence-corrected chi connectivity index (χ4v) is 7.58. The highest BCUT2D eigenvalue weighted by Crippen LogP contribution is 2.44. The monoisotopic (exact) mass is 652 g/mol. The van der Waals surface area contributed by atoms with E-state index < -0.39 is 0 Å². The lowest BCUT2D eigenvalue weighted by molar-refractivity contribution is 0.669. The van der Waals surface area contributed by atoms with Crippen LogP contribution >= 0.6 is 0 Å². The minimum atomic E-state index is 0.864. The van der Waals surface area contributed by atoms with Crippen molar-refractivity contribution in [3.63, 3.8) is 0 Å². The third-order valence-corrected chi connectivity index (χ3v) is 10.0. The zero-order chi connectivity index (χ0) is 33.7. The van der Waals surface area contributed by atoms with Gasteiger partial charge in [-0.2, -0.15) is 0 Å². The van der Waals surface area contributed by atoms with E-state index >= 15 is 0 Å². The van der Waals surface area contributed by atoms with Crippen LogP contribution in [-0.4, -0.2) is 4.57 Å². The largest absolute Gasteiger partial charge is 0.454 e. The van der Waals surface area contributed by atoms with Gasteiger partial charge in [-0.3, -0.25) is 0 Å². The summed E-state index contributed by atoms with van der Waals surface area (Å²) in [5.41, 5.74) is 13.1. The Kier molecular flexibility index (Phi) is 6.81. The summed E-state index contributed by atoms with van der Waals surface area (Å²) in [5, 5.41) is 4.65. The zero-order valence-corrected chi connectivity index (χ0v) is 27.8. The van der Waals surface area contributed by atoms with E-state index in [2.05, 4.69) is 191 Å². The Hall–Kier alpha value is -6.84. The van der Waals surface area contributed by atoms with Crippen molar-refractivity contribution in [1.82, 2.24) is 4.57 Å². The molecule has 0 spiro atoms. The van der Waals surface area contributed by atoms with Crippen molar-refractivity contribution >= 4 is 60.8 Å². The first-order chi connectivity index (χ1) is 25.3. The lowest BCUT2D eigenvalue weighted by atomic mass is 10.0. The SMILES string of the molecule is c1ccc(-c2ccc(N(c3ccc4c5ccccc5n(-c5ccc(-c6ccccc6)cc5)c4c3)c3cccc4c3oc3ccccc34)cc2)cc1. The van der Waals surface area contributed by atoms with Gasteiger partial charge in [0.05, 0.1) is 16.7 Å². The molecule has 0 aliphatic rings. The highest BCUT2D eigenvalue weighted by atomic mass is 16.3. The molecule has 8 aromatic carbocycles. The highest BCUT2D eigenvalue weighted by molar-refractivity contribution is 6.12. The van der Waals surface area contributed by atoms with Crippen LogP contribution in [0.5, 0.6) is 0 Å². The molecule has 51 heavy (non-hydrogen) atoms. The molecule has 2 heterocycles. The number of rotatable bonds is 6. The van der Waals surface area contributed by atoms with Crippen LogP contribution in [0, 0.1) is 0 Å². The van der Waals surface area contributed by atoms with Gasteiger partial charge in [-0.05, 0) is 76.9 Å². The molecule has 0 unspecified atom stereocenters. The Morgan fingerprint density at radius 2 is 0.922 bits per heavy atom. The van der Waals surface area contributed by atoms with Gasteiger partial charge in [0.25, 0.3) is 0 Å². The maximum Gasteiger partial charge on any atom is 0.159 e. The molecule has 10 rings (SSSR count). The molecule has 240 valence electrons. The van der Waals surface area contributed by atoms with Crippen molar-refractivity contribution in [2.75, 3.05) is 4.90 Å². The minimum Gasteiger partial charge on any atom is -0.454 e. The zero-order valence-electron chi connectivity index (χ0n) is 27.8. The molecule has 3 nitrogen and oxygen atoms in total. The van der Waals surface area contributed by atoms with E-state index in [9.17, 15) is 0 Å². The number of hydrogen-bond acceptors (Lipinski definition) is 2. The van der Waals surface area contributed by atoms with Crippen LogP contribution in [0.4, 0.5) is 17.1 Å². The standard InChI is InChI=1S/C48H32N2O/c1-3-12-33(13-4-1)35-22-26-37(27-23-35)49(45-20-11-18-43-42-17-8-10-21-47(42)51-48(43)45)39-30-31-41-40-16-7-9-19-44(40)50(46(41)32-39)38-28-24-36(25-29-38)34-14-5-2-6-15-34/h1-32H. The maximum atomic E-state index is 6.63. The summed E-state index contributed by atoms with van der Waals surface area (Å²) in [6.45, 7) is 0. The third kappa shape index (κ3) is 4.90. The molecule has 10 aromatic rings. The lowest BCUT2D eigenvalue weighted by Crippen LogP contribution is -2.10. The fraction of sp³-hybridized carbons (Fsp3) is 0. The quantitative estimate of drug-likeness (QED) is 0.178. The Balaban J connectivity index is 1.19. The van der Waals surface area contributed by atoms with Crippen LogP contribution in [0.25, 0.3) is 71.7 Å². The van der Waals surface area contributed by atoms with Gasteiger partial charge in [-0.1, -0.05) is 140 Å². The Morgan fingerprint density at radius 1 is 0.373 bits per heavy atom. The Bertz CT molecular complexity index is 2830. The summed E-state index contributed by atoms with van der Waals surface area (Å²) in [7, 11) is 0. The number of fused-ring (bicyclic) bond motifs is 6. The summed E-state index contributed by atoms with van der Waals surface area (Å²) < 4.78 is 9.02. The van der Waals surface area contributed by atoms with Crippen LogP contribution in [0.1, 0.15) is 0 Å². The van der Waals surface area contributed by atoms with Crippen molar-refractivity contribution in [3.05, 3.63) is 194 Å². The second kappa shape index (κ2) is 11.9. The predicted molar refractivity (Wildman–Crippen MR) is 214 cm³/mol. The van der Waals surface area contributed by atoms with Crippen LogP contribution in [0.15, 0.2) is 199 Å². The highest BCUT2D eigenvalue weighted by Gasteiger charge is 2.21. The first-order valence-corrected chi connectivity index (χ1v) is 17.4. The second-order valence-electron chi connectivity index (χ2n) is 13.0. The van der Waals surface area contributed by atoms with E-state index in [1.54, 1.807) is 0 Å². The van der Waals surface area contributed by atoms with Crippen LogP contribution in [0.2, 0.25) is 0 Å². The topological polar surface area (TPSA) is 21.3 Å². The molecular formula is C48H32N2O. The van der Waals surface area contributed by atoms with Crippen molar-refractivity contribution in [2.45, 2.75) is 0 Å². The molecule has 0 fully saturated rings. The first kappa shape index (κ1) is 29.1. The van der Waals surface area contributed by atoms with Crippen molar-refractivity contribution in [2.24, 2.45) is 0 Å². The number of aromatic nitrogens is 1. The number of nitrogens with zero attached hydrogens (tertiary/aromatic N) is 2. The Labute approximate surface area is 295 Å². The van der Waals surface area contributed by atoms with E-state index in [1.165, 1.54) is 38.5 Å². The van der Waals surface area contributed by atoms with Crippen LogP contribution < -0.4 is 4.90 Å². The van der Waals surface area contributed by atoms with E-state index in [1.807, 2.05) is 12.1 Å². The van der Waals surface area contributed by atoms with Crippen LogP contribution in [0.3, 0.4) is 0 Å². The van der Waals surface area contributed by atoms with Gasteiger partial charge in [0.1, 0.15) is 5.58 Å². The van der Waals surface area contributed by atoms with Gasteiger partial charge in [0, 0.05) is 38.6 Å². The summed E-state index contributed by atoms with van der Waals surface area (Å²) in [6.07, 6.45) is 0. The van der Waals surface area contributed by atoms with Gasteiger partial charge < -0.3 is 13.9 Å². The van der Waals surface area contributed by atoms with Gasteiger partial charge in [0.15, 0.2) is 5.58 Å². The van der Waals surface area contributed by atoms with E-state index in [0.717, 1.165) is 50.2 Å². The number of para-hydroxylation sites is 3. The number of hydrogen-bond donors (Lipinski definition) is 0. The fourth-order valence-electron chi connectivity index (χ4n) is 7.58. The molecule has 0 saturated heterocycles. The molecule has 0 radical (unpaired) electrons. The van der Waals surface area contributed by atoms with Gasteiger partial charge in [0.2, 0.25) is 0 Å². The third-order valence-electron chi connectivity index (χ3n) is 10.0. The molecule has 0 saturated carbocycles. The molecule has 3 heteroatoms. The molecule has 0 atom stereocenters. The molecule has 0 aliphatic heterocycles. The van der Waals surface area contributed by atoms with Crippen molar-refractivity contribution in [3.8, 4) is 27.9 Å². The second-order valence-corrected chi connectivity index (χ2v) is 13.0. The summed E-state index contributed by atoms with van der Waals surface area (Å²) in [4.78, 5) is 2.33. The summed E-state index contributed by atoms with van der Waals surface area (Å²) in [5.74, 6) is 0. The maximum absolute atomic E-state index is 6.63. The van der Waals surface area contributed by atoms with E-state index in [-0.39, 0.29) is 0 Å². The molecular weight excluding hydrogens is 621 g/mol. The van der Waals surface area contributed by atoms with Gasteiger partial charge in [-0.15, -0.1) is 0 Å². The summed E-state index contributed by atoms with van der Waals surface area (Å²) >= 11 is 0. The first-order valence-electron chi connectivity index (χ1n) is 17.4. The Morgan fingerprint density at radius 3 is 1.65 bits per heavy atom. The van der Waals surface area contributed by atoms with Gasteiger partial charge in [-0.25, -0.2) is 0 Å². The number of furan rings is 1. The average molecular weight is 653 g/mol. The summed E-state index contributed by atoms with van der Waals surface area (Å²) in [6, 6.07) is 69.1. The van der Waals surface area contributed by atoms with E-state index in [4.69, 9.17) is 4.42 Å². The smallest absolute Gasteiger partial charge is 0.159 e. The minimum absolute atomic E-state index is 0.864. The van der Waals surface area contributed by atoms with E-state index in [0.29, 0.717) is 0 Å². The van der Waals surface area contributed by atoms with Gasteiger partial charge >= 0.3 is 0 Å². The average Bonchev–Trinajstić information content (AvgIpc) is 3.75. The van der Waals surface area contributed by atoms with Crippen molar-refractivity contribution < 1.29 is 4.42 Å². The van der Waals surface area contributed by atoms with Crippen LogP contribution in [-0.2, 0) is 0 Å². The predicted octanol–water partition coefficient (Wildman–Crippen LogP) is 13.5. The molecule has 2 aromatic heterocycles. The molecule has 0 bridgehead atoms. The lowest BCUT2D eigenvalue weighted by Gasteiger charge is -2.26. The molecule has 0 aliphatic carbocycles. The number of anilines is 3. The van der Waals surface area contributed by atoms with Crippen molar-refractivity contribution in [1.29, 1.82) is 0 Å².